The predicted octanol–water partition coefficient (Wildman–Crippen LogP) is 0.107. The molecule has 0 aliphatic carbocycles. The summed E-state index contributed by atoms with van der Waals surface area (Å²) in [4.78, 5) is 11.2. The number of benzene rings is 1. The highest BCUT2D eigenvalue weighted by atomic mass is 16.5. The lowest BCUT2D eigenvalue weighted by Crippen LogP contribution is -2.30. The molecular weight excluding hydrogens is 274 g/mol. The fourth-order valence-electron chi connectivity index (χ4n) is 1.73. The van der Waals surface area contributed by atoms with E-state index in [2.05, 4.69) is 10.3 Å². The smallest absolute Gasteiger partial charge is 0.287 e. The molecule has 8 nitrogen and oxygen atoms in total. The normalized spacial score (nSPS) is 10.4. The summed E-state index contributed by atoms with van der Waals surface area (Å²) in [7, 11) is 1.65. The lowest BCUT2D eigenvalue weighted by atomic mass is 10.2. The summed E-state index contributed by atoms with van der Waals surface area (Å²) in [5.41, 5.74) is 3.20. The van der Waals surface area contributed by atoms with Gasteiger partial charge in [-0.15, -0.1) is 5.10 Å². The van der Waals surface area contributed by atoms with Crippen LogP contribution in [-0.2, 0) is 17.9 Å². The minimum Gasteiger partial charge on any atom is -0.492 e. The second-order valence-electron chi connectivity index (χ2n) is 4.27. The lowest BCUT2D eigenvalue weighted by molar-refractivity contribution is 0.0948. The highest BCUT2D eigenvalue weighted by molar-refractivity contribution is 5.91. The molecule has 1 amide bonds. The van der Waals surface area contributed by atoms with Gasteiger partial charge in [-0.25, -0.2) is 10.5 Å². The Labute approximate surface area is 121 Å². The van der Waals surface area contributed by atoms with Gasteiger partial charge in [0.2, 0.25) is 0 Å². The monoisotopic (exact) mass is 291 g/mol. The number of nitrogens with one attached hydrogen (secondary N) is 1. The molecule has 8 heteroatoms. The number of amides is 1. The Balaban J connectivity index is 1.85. The molecule has 0 unspecified atom stereocenters. The molecule has 0 aliphatic rings. The van der Waals surface area contributed by atoms with Gasteiger partial charge in [0.25, 0.3) is 5.91 Å². The Kier molecular flexibility index (Phi) is 5.24. The van der Waals surface area contributed by atoms with E-state index >= 15 is 0 Å². The summed E-state index contributed by atoms with van der Waals surface area (Å²) in [6, 6.07) is 7.65. The Morgan fingerprint density at radius 3 is 3.10 bits per heavy atom. The Morgan fingerprint density at radius 2 is 2.33 bits per heavy atom. The molecule has 0 bridgehead atoms. The molecule has 1 aromatic heterocycles. The van der Waals surface area contributed by atoms with Crippen molar-refractivity contribution < 1.29 is 14.3 Å². The molecule has 112 valence electrons. The molecule has 0 fully saturated rings. The van der Waals surface area contributed by atoms with E-state index in [9.17, 15) is 4.79 Å². The molecule has 0 spiro atoms. The number of nitrogens with two attached hydrogens (primary N) is 1. The van der Waals surface area contributed by atoms with E-state index in [1.54, 1.807) is 7.11 Å². The SMILES string of the molecule is COCc1cccc(OCCn2cc(C(=O)NN)nn2)c1. The van der Waals surface area contributed by atoms with E-state index in [0.717, 1.165) is 11.3 Å². The number of ether oxygens (including phenoxy) is 2. The molecule has 0 radical (unpaired) electrons. The standard InChI is InChI=1S/C13H17N5O3/c1-20-9-10-3-2-4-11(7-10)21-6-5-18-8-12(16-17-18)13(19)15-14/h2-4,7-8H,5-6,9,14H2,1H3,(H,15,19). The van der Waals surface area contributed by atoms with Crippen LogP contribution in [0.4, 0.5) is 0 Å². The van der Waals surface area contributed by atoms with Crippen molar-refractivity contribution in [2.45, 2.75) is 13.2 Å². The summed E-state index contributed by atoms with van der Waals surface area (Å²) in [6.07, 6.45) is 1.51. The van der Waals surface area contributed by atoms with Crippen molar-refractivity contribution >= 4 is 5.91 Å². The zero-order chi connectivity index (χ0) is 15.1. The van der Waals surface area contributed by atoms with E-state index in [-0.39, 0.29) is 5.69 Å². The van der Waals surface area contributed by atoms with Gasteiger partial charge in [0.05, 0.1) is 19.3 Å². The van der Waals surface area contributed by atoms with Gasteiger partial charge in [-0.1, -0.05) is 17.3 Å². The quantitative estimate of drug-likeness (QED) is 0.426. The minimum absolute atomic E-state index is 0.166. The van der Waals surface area contributed by atoms with Crippen LogP contribution in [0.15, 0.2) is 30.5 Å². The molecule has 2 rings (SSSR count). The number of carbonyl (C=O) groups is 1. The van der Waals surface area contributed by atoms with Crippen LogP contribution in [0.2, 0.25) is 0 Å². The number of rotatable bonds is 7. The number of nitrogen functional groups attached to an aromatic ring is 1. The molecule has 1 aromatic carbocycles. The van der Waals surface area contributed by atoms with Crippen LogP contribution >= 0.6 is 0 Å². The van der Waals surface area contributed by atoms with Gasteiger partial charge < -0.3 is 9.47 Å². The van der Waals surface area contributed by atoms with Crippen LogP contribution in [0.1, 0.15) is 16.1 Å². The molecule has 3 N–H and O–H groups in total. The lowest BCUT2D eigenvalue weighted by Gasteiger charge is -2.07. The fourth-order valence-corrected chi connectivity index (χ4v) is 1.73. The third-order valence-electron chi connectivity index (χ3n) is 2.70. The van der Waals surface area contributed by atoms with Gasteiger partial charge in [0, 0.05) is 7.11 Å². The van der Waals surface area contributed by atoms with E-state index in [0.29, 0.717) is 19.8 Å². The highest BCUT2D eigenvalue weighted by Gasteiger charge is 2.08. The maximum Gasteiger partial charge on any atom is 0.287 e. The summed E-state index contributed by atoms with van der Waals surface area (Å²) >= 11 is 0. The van der Waals surface area contributed by atoms with Crippen molar-refractivity contribution in [3.8, 4) is 5.75 Å². The Bertz CT molecular complexity index is 599. The fraction of sp³-hybridized carbons (Fsp3) is 0.308. The highest BCUT2D eigenvalue weighted by Crippen LogP contribution is 2.13. The van der Waals surface area contributed by atoms with E-state index in [1.807, 2.05) is 29.7 Å². The van der Waals surface area contributed by atoms with Crippen molar-refractivity contribution in [1.29, 1.82) is 0 Å². The number of aromatic nitrogens is 3. The van der Waals surface area contributed by atoms with Gasteiger partial charge in [-0.05, 0) is 17.7 Å². The summed E-state index contributed by atoms with van der Waals surface area (Å²) in [6.45, 7) is 1.42. The van der Waals surface area contributed by atoms with Crippen LogP contribution in [0.3, 0.4) is 0 Å². The van der Waals surface area contributed by atoms with Crippen LogP contribution in [0, 0.1) is 0 Å². The largest absolute Gasteiger partial charge is 0.492 e. The molecule has 0 saturated carbocycles. The number of nitrogens with zero attached hydrogens (tertiary/aromatic N) is 3. The average Bonchev–Trinajstić information content (AvgIpc) is 2.96. The molecule has 0 aliphatic heterocycles. The maximum atomic E-state index is 11.2. The first-order chi connectivity index (χ1) is 10.2. The topological polar surface area (TPSA) is 104 Å². The van der Waals surface area contributed by atoms with Gasteiger partial charge >= 0.3 is 0 Å². The van der Waals surface area contributed by atoms with Crippen LogP contribution in [0.25, 0.3) is 0 Å². The predicted molar refractivity (Wildman–Crippen MR) is 74.3 cm³/mol. The molecule has 2 aromatic rings. The van der Waals surface area contributed by atoms with Crippen molar-refractivity contribution in [1.82, 2.24) is 20.4 Å². The second kappa shape index (κ2) is 7.36. The Hall–Kier alpha value is -2.45. The van der Waals surface area contributed by atoms with Gasteiger partial charge in [-0.3, -0.25) is 10.2 Å². The number of hydrogen-bond acceptors (Lipinski definition) is 6. The molecule has 21 heavy (non-hydrogen) atoms. The summed E-state index contributed by atoms with van der Waals surface area (Å²) in [5.74, 6) is 5.29. The maximum absolute atomic E-state index is 11.2. The van der Waals surface area contributed by atoms with Crippen LogP contribution in [0.5, 0.6) is 5.75 Å². The molecule has 1 heterocycles. The number of carbonyl (C=O) groups excluding carboxylic acids is 1. The molecule has 0 atom stereocenters. The first-order valence-electron chi connectivity index (χ1n) is 6.34. The van der Waals surface area contributed by atoms with Crippen LogP contribution in [-0.4, -0.2) is 34.6 Å². The first-order valence-corrected chi connectivity index (χ1v) is 6.34. The van der Waals surface area contributed by atoms with E-state index in [1.165, 1.54) is 10.9 Å². The minimum atomic E-state index is -0.477. The number of hydrazine groups is 1. The zero-order valence-corrected chi connectivity index (χ0v) is 11.7. The summed E-state index contributed by atoms with van der Waals surface area (Å²) in [5, 5.41) is 7.51. The van der Waals surface area contributed by atoms with E-state index < -0.39 is 5.91 Å². The van der Waals surface area contributed by atoms with Gasteiger partial charge in [0.15, 0.2) is 5.69 Å². The van der Waals surface area contributed by atoms with Gasteiger partial charge in [-0.2, -0.15) is 0 Å². The molecular formula is C13H17N5O3. The van der Waals surface area contributed by atoms with Crippen molar-refractivity contribution in [3.63, 3.8) is 0 Å². The van der Waals surface area contributed by atoms with Crippen molar-refractivity contribution in [2.75, 3.05) is 13.7 Å². The second-order valence-corrected chi connectivity index (χ2v) is 4.27. The Morgan fingerprint density at radius 1 is 1.48 bits per heavy atom. The van der Waals surface area contributed by atoms with Crippen LogP contribution < -0.4 is 16.0 Å². The van der Waals surface area contributed by atoms with E-state index in [4.69, 9.17) is 15.3 Å². The number of hydrogen-bond donors (Lipinski definition) is 2. The van der Waals surface area contributed by atoms with Crippen molar-refractivity contribution in [2.24, 2.45) is 5.84 Å². The van der Waals surface area contributed by atoms with Gasteiger partial charge in [0.1, 0.15) is 12.4 Å². The third-order valence-corrected chi connectivity index (χ3v) is 2.70. The zero-order valence-electron chi connectivity index (χ0n) is 11.7. The third kappa shape index (κ3) is 4.26. The van der Waals surface area contributed by atoms with Crippen molar-refractivity contribution in [3.05, 3.63) is 41.7 Å². The number of methoxy groups -OCH3 is 1. The average molecular weight is 291 g/mol. The summed E-state index contributed by atoms with van der Waals surface area (Å²) < 4.78 is 12.2. The molecule has 0 saturated heterocycles. The first kappa shape index (κ1) is 14.9.